The van der Waals surface area contributed by atoms with Crippen LogP contribution in [0.1, 0.15) is 28.8 Å². The lowest BCUT2D eigenvalue weighted by molar-refractivity contribution is -0.126. The van der Waals surface area contributed by atoms with Crippen LogP contribution in [0.15, 0.2) is 53.9 Å². The molecule has 7 heteroatoms. The highest BCUT2D eigenvalue weighted by atomic mass is 19.1. The number of hydrazone groups is 1. The molecule has 0 unspecified atom stereocenters. The summed E-state index contributed by atoms with van der Waals surface area (Å²) in [5.41, 5.74) is 3.85. The zero-order chi connectivity index (χ0) is 18.4. The predicted octanol–water partition coefficient (Wildman–Crippen LogP) is 2.22. The van der Waals surface area contributed by atoms with Gasteiger partial charge in [-0.1, -0.05) is 0 Å². The number of carbonyl (C=O) groups is 2. The van der Waals surface area contributed by atoms with Crippen LogP contribution in [-0.2, 0) is 4.79 Å². The zero-order valence-electron chi connectivity index (χ0n) is 14.1. The summed E-state index contributed by atoms with van der Waals surface area (Å²) in [6, 6.07) is 9.07. The van der Waals surface area contributed by atoms with Gasteiger partial charge < -0.3 is 4.90 Å². The van der Waals surface area contributed by atoms with E-state index in [9.17, 15) is 14.0 Å². The number of pyridine rings is 1. The normalized spacial score (nSPS) is 15.2. The Balaban J connectivity index is 1.48. The van der Waals surface area contributed by atoms with Gasteiger partial charge in [0.15, 0.2) is 0 Å². The van der Waals surface area contributed by atoms with Crippen molar-refractivity contribution in [3.63, 3.8) is 0 Å². The number of nitrogens with zero attached hydrogens (tertiary/aromatic N) is 3. The molecule has 0 atom stereocenters. The Morgan fingerprint density at radius 2 is 1.77 bits per heavy atom. The SMILES string of the molecule is O=C(N/N=C/c1ccncc1)C1CCN(C(=O)c2ccc(F)cc2)CC1. The van der Waals surface area contributed by atoms with E-state index >= 15 is 0 Å². The maximum Gasteiger partial charge on any atom is 0.253 e. The maximum absolute atomic E-state index is 13.0. The van der Waals surface area contributed by atoms with Crippen molar-refractivity contribution in [1.82, 2.24) is 15.3 Å². The van der Waals surface area contributed by atoms with Crippen LogP contribution in [0.4, 0.5) is 4.39 Å². The van der Waals surface area contributed by atoms with Gasteiger partial charge in [0.2, 0.25) is 5.91 Å². The first-order chi connectivity index (χ1) is 12.6. The van der Waals surface area contributed by atoms with E-state index in [1.807, 2.05) is 0 Å². The van der Waals surface area contributed by atoms with Gasteiger partial charge in [-0.2, -0.15) is 5.10 Å². The van der Waals surface area contributed by atoms with Crippen molar-refractivity contribution < 1.29 is 14.0 Å². The van der Waals surface area contributed by atoms with Gasteiger partial charge in [-0.25, -0.2) is 9.82 Å². The maximum atomic E-state index is 13.0. The van der Waals surface area contributed by atoms with Gasteiger partial charge in [0, 0.05) is 37.0 Å². The molecule has 1 aliphatic heterocycles. The first kappa shape index (κ1) is 17.7. The number of rotatable bonds is 4. The molecule has 2 heterocycles. The molecule has 6 nitrogen and oxygen atoms in total. The van der Waals surface area contributed by atoms with Crippen LogP contribution in [0.2, 0.25) is 0 Å². The molecule has 2 amide bonds. The lowest BCUT2D eigenvalue weighted by Crippen LogP contribution is -2.42. The van der Waals surface area contributed by atoms with E-state index in [4.69, 9.17) is 0 Å². The van der Waals surface area contributed by atoms with Crippen molar-refractivity contribution in [2.24, 2.45) is 11.0 Å². The molecule has 0 spiro atoms. The van der Waals surface area contributed by atoms with E-state index in [0.717, 1.165) is 5.56 Å². The van der Waals surface area contributed by atoms with Crippen LogP contribution in [0.5, 0.6) is 0 Å². The molecule has 1 fully saturated rings. The van der Waals surface area contributed by atoms with E-state index in [-0.39, 0.29) is 23.5 Å². The predicted molar refractivity (Wildman–Crippen MR) is 95.0 cm³/mol. The summed E-state index contributed by atoms with van der Waals surface area (Å²) < 4.78 is 13.0. The Bertz CT molecular complexity index is 785. The van der Waals surface area contributed by atoms with E-state index in [1.54, 1.807) is 35.6 Å². The minimum Gasteiger partial charge on any atom is -0.339 e. The summed E-state index contributed by atoms with van der Waals surface area (Å²) in [6.45, 7) is 0.977. The Labute approximate surface area is 150 Å². The Kier molecular flexibility index (Phi) is 5.68. The number of piperidine rings is 1. The van der Waals surface area contributed by atoms with Crippen LogP contribution < -0.4 is 5.43 Å². The average molecular weight is 354 g/mol. The molecule has 26 heavy (non-hydrogen) atoms. The van der Waals surface area contributed by atoms with Crippen LogP contribution in [0.3, 0.4) is 0 Å². The van der Waals surface area contributed by atoms with E-state index in [2.05, 4.69) is 15.5 Å². The molecule has 1 aliphatic rings. The number of carbonyl (C=O) groups excluding carboxylic acids is 2. The first-order valence-electron chi connectivity index (χ1n) is 8.41. The molecule has 3 rings (SSSR count). The molecule has 1 saturated heterocycles. The fourth-order valence-electron chi connectivity index (χ4n) is 2.83. The van der Waals surface area contributed by atoms with Gasteiger partial charge in [0.1, 0.15) is 5.82 Å². The molecule has 2 aromatic rings. The van der Waals surface area contributed by atoms with Crippen LogP contribution in [0, 0.1) is 11.7 Å². The summed E-state index contributed by atoms with van der Waals surface area (Å²) in [7, 11) is 0. The number of aromatic nitrogens is 1. The van der Waals surface area contributed by atoms with E-state index < -0.39 is 0 Å². The highest BCUT2D eigenvalue weighted by Gasteiger charge is 2.27. The van der Waals surface area contributed by atoms with Crippen molar-refractivity contribution >= 4 is 18.0 Å². The highest BCUT2D eigenvalue weighted by Crippen LogP contribution is 2.19. The van der Waals surface area contributed by atoms with Crippen molar-refractivity contribution in [3.05, 3.63) is 65.7 Å². The summed E-state index contributed by atoms with van der Waals surface area (Å²) >= 11 is 0. The molecule has 1 N–H and O–H groups in total. The third kappa shape index (κ3) is 4.50. The standard InChI is InChI=1S/C19H19FN4O2/c20-17-3-1-16(2-4-17)19(26)24-11-7-15(8-12-24)18(25)23-22-13-14-5-9-21-10-6-14/h1-6,9-10,13,15H,7-8,11-12H2,(H,23,25)/b22-13+. The largest absolute Gasteiger partial charge is 0.339 e. The lowest BCUT2D eigenvalue weighted by Gasteiger charge is -2.31. The summed E-state index contributed by atoms with van der Waals surface area (Å²) in [4.78, 5) is 30.2. The monoisotopic (exact) mass is 354 g/mol. The van der Waals surface area contributed by atoms with E-state index in [1.165, 1.54) is 24.3 Å². The summed E-state index contributed by atoms with van der Waals surface area (Å²) in [5.74, 6) is -0.838. The van der Waals surface area contributed by atoms with Gasteiger partial charge in [0.25, 0.3) is 5.91 Å². The van der Waals surface area contributed by atoms with Gasteiger partial charge in [-0.3, -0.25) is 14.6 Å². The second kappa shape index (κ2) is 8.33. The molecule has 134 valence electrons. The Hall–Kier alpha value is -3.09. The molecule has 1 aromatic heterocycles. The molecule has 0 bridgehead atoms. The number of amides is 2. The van der Waals surface area contributed by atoms with Gasteiger partial charge in [-0.05, 0) is 54.8 Å². The van der Waals surface area contributed by atoms with Crippen molar-refractivity contribution in [3.8, 4) is 0 Å². The minimum absolute atomic E-state index is 0.139. The number of hydrogen-bond donors (Lipinski definition) is 1. The van der Waals surface area contributed by atoms with Gasteiger partial charge >= 0.3 is 0 Å². The van der Waals surface area contributed by atoms with Crippen molar-refractivity contribution in [2.45, 2.75) is 12.8 Å². The minimum atomic E-state index is -0.371. The molecule has 0 radical (unpaired) electrons. The Morgan fingerprint density at radius 3 is 2.42 bits per heavy atom. The fourth-order valence-corrected chi connectivity index (χ4v) is 2.83. The zero-order valence-corrected chi connectivity index (χ0v) is 14.1. The molecular weight excluding hydrogens is 335 g/mol. The highest BCUT2D eigenvalue weighted by molar-refractivity contribution is 5.94. The molecule has 0 saturated carbocycles. The quantitative estimate of drug-likeness (QED) is 0.676. The van der Waals surface area contributed by atoms with Crippen LogP contribution in [0.25, 0.3) is 0 Å². The Morgan fingerprint density at radius 1 is 1.12 bits per heavy atom. The smallest absolute Gasteiger partial charge is 0.253 e. The van der Waals surface area contributed by atoms with Crippen LogP contribution >= 0.6 is 0 Å². The number of hydrogen-bond acceptors (Lipinski definition) is 4. The van der Waals surface area contributed by atoms with E-state index in [0.29, 0.717) is 31.5 Å². The first-order valence-corrected chi connectivity index (χ1v) is 8.41. The average Bonchev–Trinajstić information content (AvgIpc) is 2.69. The number of benzene rings is 1. The van der Waals surface area contributed by atoms with Gasteiger partial charge in [-0.15, -0.1) is 0 Å². The van der Waals surface area contributed by atoms with Crippen molar-refractivity contribution in [2.75, 3.05) is 13.1 Å². The lowest BCUT2D eigenvalue weighted by atomic mass is 9.95. The van der Waals surface area contributed by atoms with Gasteiger partial charge in [0.05, 0.1) is 6.21 Å². The molecule has 0 aliphatic carbocycles. The number of nitrogens with one attached hydrogen (secondary N) is 1. The summed E-state index contributed by atoms with van der Waals surface area (Å²) in [6.07, 6.45) is 6.01. The topological polar surface area (TPSA) is 74.7 Å². The number of likely N-dealkylation sites (tertiary alicyclic amines) is 1. The number of halogens is 1. The second-order valence-corrected chi connectivity index (χ2v) is 6.09. The second-order valence-electron chi connectivity index (χ2n) is 6.09. The fraction of sp³-hybridized carbons (Fsp3) is 0.263. The molecule has 1 aromatic carbocycles. The summed E-state index contributed by atoms with van der Waals surface area (Å²) in [5, 5.41) is 3.96. The van der Waals surface area contributed by atoms with Crippen molar-refractivity contribution in [1.29, 1.82) is 0 Å². The third-order valence-corrected chi connectivity index (χ3v) is 4.34. The third-order valence-electron chi connectivity index (χ3n) is 4.34. The molecular formula is C19H19FN4O2. The van der Waals surface area contributed by atoms with Crippen LogP contribution in [-0.4, -0.2) is 41.0 Å².